The lowest BCUT2D eigenvalue weighted by atomic mass is 10.0. The normalized spacial score (nSPS) is 21.8. The van der Waals surface area contributed by atoms with Gasteiger partial charge in [0.15, 0.2) is 0 Å². The van der Waals surface area contributed by atoms with Crippen LogP contribution in [0.3, 0.4) is 0 Å². The molecular weight excluding hydrogens is 288 g/mol. The second kappa shape index (κ2) is 6.15. The minimum atomic E-state index is -0.635. The number of halogens is 1. The van der Waals surface area contributed by atoms with Crippen LogP contribution in [0.5, 0.6) is 0 Å². The zero-order valence-electron chi connectivity index (χ0n) is 11.7. The summed E-state index contributed by atoms with van der Waals surface area (Å²) in [5.41, 5.74) is 2.47. The average Bonchev–Trinajstić information content (AvgIpc) is 3.10. The molecule has 1 aliphatic heterocycles. The molecule has 2 heterocycles. The summed E-state index contributed by atoms with van der Waals surface area (Å²) in [4.78, 5) is 0. The maximum Gasteiger partial charge on any atom is 0.0907 e. The number of aromatic nitrogens is 2. The van der Waals surface area contributed by atoms with Crippen molar-refractivity contribution >= 4 is 11.6 Å². The lowest BCUT2D eigenvalue weighted by molar-refractivity contribution is 0.0609. The number of nitrogens with one attached hydrogen (secondary N) is 3. The predicted molar refractivity (Wildman–Crippen MR) is 83.2 cm³/mol. The second-order valence-corrected chi connectivity index (χ2v) is 5.97. The Kier molecular flexibility index (Phi) is 4.26. The van der Waals surface area contributed by atoms with E-state index in [1.54, 1.807) is 0 Å². The van der Waals surface area contributed by atoms with Crippen LogP contribution in [-0.4, -0.2) is 40.5 Å². The van der Waals surface area contributed by atoms with E-state index in [1.807, 2.05) is 30.5 Å². The molecule has 0 bridgehead atoms. The van der Waals surface area contributed by atoms with Crippen LogP contribution in [-0.2, 0) is 6.54 Å². The Bertz CT molecular complexity index is 590. The van der Waals surface area contributed by atoms with Gasteiger partial charge in [-0.15, -0.1) is 0 Å². The summed E-state index contributed by atoms with van der Waals surface area (Å²) in [6.07, 6.45) is 2.60. The van der Waals surface area contributed by atoms with Crippen molar-refractivity contribution in [3.05, 3.63) is 41.0 Å². The SMILES string of the molecule is OC1(CNCc2cn[nH]c2-c2ccc(Cl)cc2)CCNC1. The number of aromatic amines is 1. The van der Waals surface area contributed by atoms with Gasteiger partial charge in [-0.25, -0.2) is 0 Å². The molecule has 5 nitrogen and oxygen atoms in total. The first kappa shape index (κ1) is 14.5. The van der Waals surface area contributed by atoms with E-state index in [4.69, 9.17) is 11.6 Å². The Hall–Kier alpha value is -1.40. The van der Waals surface area contributed by atoms with Crippen molar-refractivity contribution < 1.29 is 5.11 Å². The molecule has 1 aliphatic rings. The van der Waals surface area contributed by atoms with Crippen LogP contribution in [0.4, 0.5) is 0 Å². The van der Waals surface area contributed by atoms with Crippen molar-refractivity contribution in [2.45, 2.75) is 18.6 Å². The average molecular weight is 307 g/mol. The summed E-state index contributed by atoms with van der Waals surface area (Å²) in [5.74, 6) is 0. The van der Waals surface area contributed by atoms with Crippen LogP contribution in [0.1, 0.15) is 12.0 Å². The molecule has 21 heavy (non-hydrogen) atoms. The van der Waals surface area contributed by atoms with Crippen molar-refractivity contribution in [1.29, 1.82) is 0 Å². The third kappa shape index (κ3) is 3.44. The van der Waals surface area contributed by atoms with Gasteiger partial charge in [-0.3, -0.25) is 5.10 Å². The van der Waals surface area contributed by atoms with Crippen LogP contribution in [0.25, 0.3) is 11.3 Å². The van der Waals surface area contributed by atoms with Crippen LogP contribution in [0, 0.1) is 0 Å². The highest BCUT2D eigenvalue weighted by Gasteiger charge is 2.30. The van der Waals surface area contributed by atoms with Crippen LogP contribution in [0.2, 0.25) is 5.02 Å². The fraction of sp³-hybridized carbons (Fsp3) is 0.400. The van der Waals surface area contributed by atoms with E-state index in [0.717, 1.165) is 29.8 Å². The number of hydrogen-bond acceptors (Lipinski definition) is 4. The minimum absolute atomic E-state index is 0.575. The highest BCUT2D eigenvalue weighted by Crippen LogP contribution is 2.23. The molecule has 0 radical (unpaired) electrons. The van der Waals surface area contributed by atoms with E-state index in [9.17, 15) is 5.11 Å². The molecule has 1 saturated heterocycles. The summed E-state index contributed by atoms with van der Waals surface area (Å²) in [6, 6.07) is 7.66. The molecule has 1 aromatic heterocycles. The summed E-state index contributed by atoms with van der Waals surface area (Å²) in [5, 5.41) is 24.6. The molecule has 1 unspecified atom stereocenters. The molecular formula is C15H19ClN4O. The molecule has 1 atom stereocenters. The molecule has 0 amide bonds. The van der Waals surface area contributed by atoms with E-state index in [0.29, 0.717) is 24.7 Å². The highest BCUT2D eigenvalue weighted by molar-refractivity contribution is 6.30. The number of aliphatic hydroxyl groups is 1. The van der Waals surface area contributed by atoms with Gasteiger partial charge in [0.1, 0.15) is 0 Å². The smallest absolute Gasteiger partial charge is 0.0907 e. The first-order valence-corrected chi connectivity index (χ1v) is 7.46. The van der Waals surface area contributed by atoms with Gasteiger partial charge in [-0.1, -0.05) is 23.7 Å². The van der Waals surface area contributed by atoms with Gasteiger partial charge in [0.25, 0.3) is 0 Å². The number of rotatable bonds is 5. The van der Waals surface area contributed by atoms with Gasteiger partial charge >= 0.3 is 0 Å². The number of hydrogen-bond donors (Lipinski definition) is 4. The summed E-state index contributed by atoms with van der Waals surface area (Å²) < 4.78 is 0. The molecule has 0 spiro atoms. The molecule has 0 aliphatic carbocycles. The number of H-pyrrole nitrogens is 1. The Morgan fingerprint density at radius 1 is 1.33 bits per heavy atom. The molecule has 112 valence electrons. The highest BCUT2D eigenvalue weighted by atomic mass is 35.5. The summed E-state index contributed by atoms with van der Waals surface area (Å²) >= 11 is 5.91. The van der Waals surface area contributed by atoms with Crippen molar-refractivity contribution in [1.82, 2.24) is 20.8 Å². The first-order chi connectivity index (χ1) is 10.2. The van der Waals surface area contributed by atoms with Gasteiger partial charge in [0.05, 0.1) is 17.5 Å². The number of β-amino-alcohol motifs (C(OH)–C–C–N with tert-alkyl or cyclic N) is 1. The zero-order chi connectivity index (χ0) is 14.7. The predicted octanol–water partition coefficient (Wildman–Crippen LogP) is 1.54. The number of nitrogens with zero attached hydrogens (tertiary/aromatic N) is 1. The molecule has 2 aromatic rings. The van der Waals surface area contributed by atoms with E-state index in [1.165, 1.54) is 0 Å². The van der Waals surface area contributed by atoms with Crippen molar-refractivity contribution in [3.8, 4) is 11.3 Å². The van der Waals surface area contributed by atoms with Gasteiger partial charge in [0, 0.05) is 30.2 Å². The maximum absolute atomic E-state index is 10.3. The monoisotopic (exact) mass is 306 g/mol. The van der Waals surface area contributed by atoms with Crippen molar-refractivity contribution in [3.63, 3.8) is 0 Å². The fourth-order valence-corrected chi connectivity index (χ4v) is 2.75. The third-order valence-corrected chi connectivity index (χ3v) is 4.09. The van der Waals surface area contributed by atoms with Crippen molar-refractivity contribution in [2.24, 2.45) is 0 Å². The standard InChI is InChI=1S/C15H19ClN4O/c16-13-3-1-11(2-4-13)14-12(8-19-20-14)7-18-10-15(21)5-6-17-9-15/h1-4,8,17-18,21H,5-7,9-10H2,(H,19,20). The molecule has 4 N–H and O–H groups in total. The Balaban J connectivity index is 1.64. The Labute approximate surface area is 128 Å². The third-order valence-electron chi connectivity index (χ3n) is 3.84. The van der Waals surface area contributed by atoms with E-state index < -0.39 is 5.60 Å². The first-order valence-electron chi connectivity index (χ1n) is 7.08. The number of benzene rings is 1. The minimum Gasteiger partial charge on any atom is -0.387 e. The van der Waals surface area contributed by atoms with E-state index in [2.05, 4.69) is 20.8 Å². The summed E-state index contributed by atoms with van der Waals surface area (Å²) in [6.45, 7) is 2.76. The second-order valence-electron chi connectivity index (χ2n) is 5.53. The van der Waals surface area contributed by atoms with Gasteiger partial charge in [0.2, 0.25) is 0 Å². The van der Waals surface area contributed by atoms with Gasteiger partial charge in [-0.2, -0.15) is 5.10 Å². The van der Waals surface area contributed by atoms with Gasteiger partial charge < -0.3 is 15.7 Å². The molecule has 1 aromatic carbocycles. The largest absolute Gasteiger partial charge is 0.387 e. The van der Waals surface area contributed by atoms with Crippen molar-refractivity contribution in [2.75, 3.05) is 19.6 Å². The molecule has 6 heteroatoms. The zero-order valence-corrected chi connectivity index (χ0v) is 12.5. The quantitative estimate of drug-likeness (QED) is 0.676. The van der Waals surface area contributed by atoms with Gasteiger partial charge in [-0.05, 0) is 30.7 Å². The van der Waals surface area contributed by atoms with Crippen LogP contribution >= 0.6 is 11.6 Å². The van der Waals surface area contributed by atoms with Crippen LogP contribution < -0.4 is 10.6 Å². The lowest BCUT2D eigenvalue weighted by Gasteiger charge is -2.21. The molecule has 0 saturated carbocycles. The maximum atomic E-state index is 10.3. The summed E-state index contributed by atoms with van der Waals surface area (Å²) in [7, 11) is 0. The van der Waals surface area contributed by atoms with Crippen LogP contribution in [0.15, 0.2) is 30.5 Å². The Morgan fingerprint density at radius 3 is 2.86 bits per heavy atom. The fourth-order valence-electron chi connectivity index (χ4n) is 2.62. The van der Waals surface area contributed by atoms with E-state index >= 15 is 0 Å². The molecule has 1 fully saturated rings. The molecule has 3 rings (SSSR count). The topological polar surface area (TPSA) is 73.0 Å². The lowest BCUT2D eigenvalue weighted by Crippen LogP contribution is -2.42. The Morgan fingerprint density at radius 2 is 2.14 bits per heavy atom. The van der Waals surface area contributed by atoms with E-state index in [-0.39, 0.29) is 0 Å².